The molecule has 0 amide bonds. The van der Waals surface area contributed by atoms with Crippen LogP contribution in [0, 0.1) is 0 Å². The maximum absolute atomic E-state index is 12.8. The predicted molar refractivity (Wildman–Crippen MR) is 99.9 cm³/mol. The van der Waals surface area contributed by atoms with Gasteiger partial charge in [0.05, 0.1) is 18.0 Å². The van der Waals surface area contributed by atoms with E-state index in [-0.39, 0.29) is 18.0 Å². The normalized spacial score (nSPS) is 22.0. The molecule has 1 heterocycles. The quantitative estimate of drug-likeness (QED) is 0.794. The van der Waals surface area contributed by atoms with Crippen LogP contribution in [0.15, 0.2) is 60.7 Å². The van der Waals surface area contributed by atoms with Crippen molar-refractivity contribution in [3.05, 3.63) is 71.8 Å². The summed E-state index contributed by atoms with van der Waals surface area (Å²) >= 11 is 0. The molecule has 3 rings (SSSR count). The van der Waals surface area contributed by atoms with Crippen LogP contribution in [0.1, 0.15) is 30.6 Å². The standard InChI is InChI=1S/C20H25NO3S/c1-17-15-21(16-20(24-17)19-12-6-3-7-13-19)25(22,23)14-8-11-18-9-4-2-5-10-18/h2-7,9-10,12-13,17,20H,8,11,14-16H2,1H3. The first-order valence-electron chi connectivity index (χ1n) is 8.77. The number of hydrogen-bond acceptors (Lipinski definition) is 3. The van der Waals surface area contributed by atoms with Crippen molar-refractivity contribution in [2.45, 2.75) is 32.0 Å². The lowest BCUT2D eigenvalue weighted by atomic mass is 10.1. The molecule has 0 radical (unpaired) electrons. The Balaban J connectivity index is 1.62. The van der Waals surface area contributed by atoms with E-state index < -0.39 is 10.0 Å². The molecular weight excluding hydrogens is 334 g/mol. The number of rotatable bonds is 6. The van der Waals surface area contributed by atoms with Gasteiger partial charge in [-0.1, -0.05) is 60.7 Å². The third-order valence-corrected chi connectivity index (χ3v) is 6.39. The topological polar surface area (TPSA) is 46.6 Å². The molecule has 0 bridgehead atoms. The number of hydrogen-bond donors (Lipinski definition) is 0. The molecule has 0 saturated carbocycles. The van der Waals surface area contributed by atoms with E-state index in [1.807, 2.05) is 67.6 Å². The van der Waals surface area contributed by atoms with E-state index in [9.17, 15) is 8.42 Å². The summed E-state index contributed by atoms with van der Waals surface area (Å²) in [7, 11) is -3.27. The van der Waals surface area contributed by atoms with Crippen molar-refractivity contribution in [1.82, 2.24) is 4.31 Å². The fourth-order valence-corrected chi connectivity index (χ4v) is 4.79. The molecular formula is C20H25NO3S. The second-order valence-corrected chi connectivity index (χ2v) is 8.66. The van der Waals surface area contributed by atoms with E-state index in [0.717, 1.165) is 12.0 Å². The van der Waals surface area contributed by atoms with E-state index in [2.05, 4.69) is 0 Å². The lowest BCUT2D eigenvalue weighted by Gasteiger charge is -2.36. The van der Waals surface area contributed by atoms with Crippen LogP contribution in [-0.2, 0) is 21.2 Å². The van der Waals surface area contributed by atoms with E-state index >= 15 is 0 Å². The Bertz CT molecular complexity index is 762. The fraction of sp³-hybridized carbons (Fsp3) is 0.400. The van der Waals surface area contributed by atoms with Gasteiger partial charge in [-0.15, -0.1) is 0 Å². The number of nitrogens with zero attached hydrogens (tertiary/aromatic N) is 1. The maximum Gasteiger partial charge on any atom is 0.214 e. The van der Waals surface area contributed by atoms with Gasteiger partial charge in [0.15, 0.2) is 0 Å². The minimum absolute atomic E-state index is 0.108. The summed E-state index contributed by atoms with van der Waals surface area (Å²) in [5.74, 6) is 0.177. The predicted octanol–water partition coefficient (Wildman–Crippen LogP) is 3.41. The van der Waals surface area contributed by atoms with Gasteiger partial charge in [0.2, 0.25) is 10.0 Å². The van der Waals surface area contributed by atoms with Crippen molar-refractivity contribution in [2.24, 2.45) is 0 Å². The van der Waals surface area contributed by atoms with Gasteiger partial charge in [0.25, 0.3) is 0 Å². The summed E-state index contributed by atoms with van der Waals surface area (Å²) in [6.07, 6.45) is 1.10. The zero-order valence-electron chi connectivity index (χ0n) is 14.5. The minimum atomic E-state index is -3.27. The molecule has 5 heteroatoms. The number of morpholine rings is 1. The van der Waals surface area contributed by atoms with Crippen LogP contribution in [0.5, 0.6) is 0 Å². The van der Waals surface area contributed by atoms with Crippen molar-refractivity contribution in [2.75, 3.05) is 18.8 Å². The highest BCUT2D eigenvalue weighted by molar-refractivity contribution is 7.89. The SMILES string of the molecule is CC1CN(S(=O)(=O)CCCc2ccccc2)CC(c2ccccc2)O1. The molecule has 0 aromatic heterocycles. The van der Waals surface area contributed by atoms with Crippen LogP contribution in [0.2, 0.25) is 0 Å². The van der Waals surface area contributed by atoms with Crippen molar-refractivity contribution >= 4 is 10.0 Å². The van der Waals surface area contributed by atoms with Gasteiger partial charge in [-0.05, 0) is 30.9 Å². The van der Waals surface area contributed by atoms with Gasteiger partial charge < -0.3 is 4.74 Å². The molecule has 1 fully saturated rings. The third-order valence-electron chi connectivity index (χ3n) is 4.50. The zero-order chi connectivity index (χ0) is 17.7. The Morgan fingerprint density at radius 1 is 1.00 bits per heavy atom. The summed E-state index contributed by atoms with van der Waals surface area (Å²) < 4.78 is 33.1. The van der Waals surface area contributed by atoms with E-state index in [4.69, 9.17) is 4.74 Å². The second-order valence-electron chi connectivity index (χ2n) is 6.57. The molecule has 0 N–H and O–H groups in total. The Kier molecular flexibility index (Phi) is 5.89. The molecule has 2 aromatic rings. The fourth-order valence-electron chi connectivity index (χ4n) is 3.22. The van der Waals surface area contributed by atoms with Crippen LogP contribution in [0.4, 0.5) is 0 Å². The Morgan fingerprint density at radius 2 is 1.64 bits per heavy atom. The maximum atomic E-state index is 12.8. The van der Waals surface area contributed by atoms with Crippen LogP contribution in [0.3, 0.4) is 0 Å². The molecule has 2 unspecified atom stereocenters. The lowest BCUT2D eigenvalue weighted by Crippen LogP contribution is -2.46. The van der Waals surface area contributed by atoms with Gasteiger partial charge in [-0.2, -0.15) is 4.31 Å². The molecule has 0 spiro atoms. The van der Waals surface area contributed by atoms with Crippen molar-refractivity contribution in [1.29, 1.82) is 0 Å². The molecule has 2 aromatic carbocycles. The monoisotopic (exact) mass is 359 g/mol. The highest BCUT2D eigenvalue weighted by Gasteiger charge is 2.33. The zero-order valence-corrected chi connectivity index (χ0v) is 15.4. The van der Waals surface area contributed by atoms with Crippen molar-refractivity contribution < 1.29 is 13.2 Å². The van der Waals surface area contributed by atoms with Crippen LogP contribution < -0.4 is 0 Å². The minimum Gasteiger partial charge on any atom is -0.368 e. The lowest BCUT2D eigenvalue weighted by molar-refractivity contribution is -0.0556. The van der Waals surface area contributed by atoms with Gasteiger partial charge in [-0.3, -0.25) is 0 Å². The van der Waals surface area contributed by atoms with Gasteiger partial charge >= 0.3 is 0 Å². The molecule has 1 saturated heterocycles. The van der Waals surface area contributed by atoms with E-state index in [1.165, 1.54) is 5.56 Å². The molecule has 25 heavy (non-hydrogen) atoms. The average molecular weight is 359 g/mol. The smallest absolute Gasteiger partial charge is 0.214 e. The van der Waals surface area contributed by atoms with Crippen LogP contribution >= 0.6 is 0 Å². The van der Waals surface area contributed by atoms with Gasteiger partial charge in [-0.25, -0.2) is 8.42 Å². The third kappa shape index (κ3) is 4.91. The first kappa shape index (κ1) is 18.1. The number of sulfonamides is 1. The van der Waals surface area contributed by atoms with Crippen LogP contribution in [-0.4, -0.2) is 37.7 Å². The molecule has 1 aliphatic heterocycles. The van der Waals surface area contributed by atoms with Crippen LogP contribution in [0.25, 0.3) is 0 Å². The first-order chi connectivity index (χ1) is 12.0. The number of ether oxygens (including phenoxy) is 1. The second kappa shape index (κ2) is 8.13. The highest BCUT2D eigenvalue weighted by Crippen LogP contribution is 2.27. The van der Waals surface area contributed by atoms with E-state index in [0.29, 0.717) is 19.5 Å². The molecule has 4 nitrogen and oxygen atoms in total. The molecule has 134 valence electrons. The molecule has 1 aliphatic rings. The Morgan fingerprint density at radius 3 is 2.32 bits per heavy atom. The molecule has 2 atom stereocenters. The Hall–Kier alpha value is -1.69. The summed E-state index contributed by atoms with van der Waals surface area (Å²) in [5.41, 5.74) is 2.20. The summed E-state index contributed by atoms with van der Waals surface area (Å²) in [6, 6.07) is 19.9. The van der Waals surface area contributed by atoms with Gasteiger partial charge in [0.1, 0.15) is 0 Å². The Labute approximate surface area is 150 Å². The summed E-state index contributed by atoms with van der Waals surface area (Å²) in [4.78, 5) is 0. The summed E-state index contributed by atoms with van der Waals surface area (Å²) in [5, 5.41) is 0. The number of benzene rings is 2. The first-order valence-corrected chi connectivity index (χ1v) is 10.4. The van der Waals surface area contributed by atoms with Crippen molar-refractivity contribution in [3.63, 3.8) is 0 Å². The number of aryl methyl sites for hydroxylation is 1. The largest absolute Gasteiger partial charge is 0.368 e. The molecule has 0 aliphatic carbocycles. The highest BCUT2D eigenvalue weighted by atomic mass is 32.2. The van der Waals surface area contributed by atoms with Gasteiger partial charge in [0, 0.05) is 13.1 Å². The summed E-state index contributed by atoms with van der Waals surface area (Å²) in [6.45, 7) is 2.75. The van der Waals surface area contributed by atoms with Crippen molar-refractivity contribution in [3.8, 4) is 0 Å². The average Bonchev–Trinajstić information content (AvgIpc) is 2.63. The van der Waals surface area contributed by atoms with E-state index in [1.54, 1.807) is 4.31 Å².